The third kappa shape index (κ3) is 2.52. The molecule has 2 rings (SSSR count). The van der Waals surface area contributed by atoms with Crippen LogP contribution in [0.5, 0.6) is 0 Å². The molecule has 0 bridgehead atoms. The van der Waals surface area contributed by atoms with Gasteiger partial charge >= 0.3 is 5.69 Å². The Morgan fingerprint density at radius 2 is 2.06 bits per heavy atom. The van der Waals surface area contributed by atoms with Gasteiger partial charge in [-0.1, -0.05) is 0 Å². The highest BCUT2D eigenvalue weighted by Gasteiger charge is 2.34. The molecule has 0 aromatic carbocycles. The number of aromatic amines is 2. The first kappa shape index (κ1) is 13.0. The zero-order valence-electron chi connectivity index (χ0n) is 9.52. The maximum atomic E-state index is 11.8. The van der Waals surface area contributed by atoms with Gasteiger partial charge in [-0.2, -0.15) is 0 Å². The Kier molecular flexibility index (Phi) is 3.13. The second-order valence-electron chi connectivity index (χ2n) is 4.48. The van der Waals surface area contributed by atoms with Gasteiger partial charge in [-0.25, -0.2) is 17.9 Å². The lowest BCUT2D eigenvalue weighted by atomic mass is 9.78. The van der Waals surface area contributed by atoms with Crippen molar-refractivity contribution in [1.82, 2.24) is 14.7 Å². The van der Waals surface area contributed by atoms with Crippen LogP contribution in [0.3, 0.4) is 0 Å². The predicted octanol–water partition coefficient (Wildman–Crippen LogP) is -1.78. The summed E-state index contributed by atoms with van der Waals surface area (Å²) in [7, 11) is -3.96. The van der Waals surface area contributed by atoms with Crippen LogP contribution in [0.4, 0.5) is 0 Å². The summed E-state index contributed by atoms with van der Waals surface area (Å²) in [6.45, 7) is 0.0773. The SMILES string of the molecule is NC1(CNS(=O)(=O)c2c[nH]c(=O)[nH]c2=O)CCC1. The summed E-state index contributed by atoms with van der Waals surface area (Å²) in [4.78, 5) is 25.6. The molecule has 9 heteroatoms. The maximum Gasteiger partial charge on any atom is 0.325 e. The van der Waals surface area contributed by atoms with Gasteiger partial charge in [0.2, 0.25) is 10.0 Å². The lowest BCUT2D eigenvalue weighted by Gasteiger charge is -2.37. The Labute approximate surface area is 103 Å². The van der Waals surface area contributed by atoms with Gasteiger partial charge in [-0.3, -0.25) is 9.78 Å². The smallest absolute Gasteiger partial charge is 0.324 e. The van der Waals surface area contributed by atoms with E-state index in [0.29, 0.717) is 0 Å². The van der Waals surface area contributed by atoms with Crippen LogP contribution in [0, 0.1) is 0 Å². The van der Waals surface area contributed by atoms with Crippen LogP contribution in [0.15, 0.2) is 20.7 Å². The minimum absolute atomic E-state index is 0.0773. The van der Waals surface area contributed by atoms with Crippen LogP contribution in [-0.2, 0) is 10.0 Å². The molecular formula is C9H14N4O4S. The molecule has 0 radical (unpaired) electrons. The van der Waals surface area contributed by atoms with Crippen molar-refractivity contribution in [3.8, 4) is 0 Å². The Bertz CT molecular complexity index is 656. The van der Waals surface area contributed by atoms with E-state index in [1.165, 1.54) is 0 Å². The second-order valence-corrected chi connectivity index (χ2v) is 6.21. The van der Waals surface area contributed by atoms with E-state index in [1.54, 1.807) is 0 Å². The molecule has 8 nitrogen and oxygen atoms in total. The zero-order valence-corrected chi connectivity index (χ0v) is 10.3. The molecule has 0 spiro atoms. The van der Waals surface area contributed by atoms with Gasteiger partial charge in [-0.15, -0.1) is 0 Å². The van der Waals surface area contributed by atoms with E-state index in [4.69, 9.17) is 5.73 Å². The zero-order chi connectivity index (χ0) is 13.4. The molecule has 1 aliphatic rings. The van der Waals surface area contributed by atoms with E-state index in [1.807, 2.05) is 4.98 Å². The summed E-state index contributed by atoms with van der Waals surface area (Å²) in [5, 5.41) is 0. The van der Waals surface area contributed by atoms with Gasteiger partial charge in [0.15, 0.2) is 4.90 Å². The molecule has 0 amide bonds. The first-order valence-electron chi connectivity index (χ1n) is 5.43. The van der Waals surface area contributed by atoms with E-state index in [-0.39, 0.29) is 6.54 Å². The first-order chi connectivity index (χ1) is 8.32. The van der Waals surface area contributed by atoms with E-state index in [2.05, 4.69) is 9.71 Å². The number of sulfonamides is 1. The van der Waals surface area contributed by atoms with Crippen LogP contribution >= 0.6 is 0 Å². The predicted molar refractivity (Wildman–Crippen MR) is 63.6 cm³/mol. The highest BCUT2D eigenvalue weighted by Crippen LogP contribution is 2.28. The summed E-state index contributed by atoms with van der Waals surface area (Å²) in [5.41, 5.74) is 3.64. The van der Waals surface area contributed by atoms with Crippen molar-refractivity contribution in [2.45, 2.75) is 29.7 Å². The number of hydrogen-bond donors (Lipinski definition) is 4. The molecule has 1 aromatic rings. The maximum absolute atomic E-state index is 11.8. The third-order valence-corrected chi connectivity index (χ3v) is 4.44. The number of aromatic nitrogens is 2. The highest BCUT2D eigenvalue weighted by molar-refractivity contribution is 7.89. The number of rotatable bonds is 4. The molecule has 100 valence electrons. The summed E-state index contributed by atoms with van der Waals surface area (Å²) in [6.07, 6.45) is 3.33. The number of nitrogens with two attached hydrogens (primary N) is 1. The molecule has 1 heterocycles. The molecule has 5 N–H and O–H groups in total. The molecule has 0 saturated heterocycles. The van der Waals surface area contributed by atoms with Crippen molar-refractivity contribution in [3.63, 3.8) is 0 Å². The van der Waals surface area contributed by atoms with E-state index in [0.717, 1.165) is 25.5 Å². The topological polar surface area (TPSA) is 138 Å². The fourth-order valence-corrected chi connectivity index (χ4v) is 2.86. The van der Waals surface area contributed by atoms with Gasteiger partial charge in [0, 0.05) is 18.3 Å². The quantitative estimate of drug-likeness (QED) is 0.514. The van der Waals surface area contributed by atoms with Crippen molar-refractivity contribution in [1.29, 1.82) is 0 Å². The largest absolute Gasteiger partial charge is 0.325 e. The molecule has 0 aliphatic heterocycles. The normalized spacial score (nSPS) is 18.3. The Morgan fingerprint density at radius 1 is 1.39 bits per heavy atom. The monoisotopic (exact) mass is 274 g/mol. The van der Waals surface area contributed by atoms with Crippen LogP contribution < -0.4 is 21.7 Å². The molecule has 0 unspecified atom stereocenters. The van der Waals surface area contributed by atoms with Gasteiger partial charge in [0.1, 0.15) is 0 Å². The van der Waals surface area contributed by atoms with Crippen LogP contribution in [-0.4, -0.2) is 30.5 Å². The van der Waals surface area contributed by atoms with Crippen molar-refractivity contribution in [2.24, 2.45) is 5.73 Å². The minimum atomic E-state index is -3.96. The van der Waals surface area contributed by atoms with Crippen LogP contribution in [0.25, 0.3) is 0 Å². The Balaban J connectivity index is 2.20. The van der Waals surface area contributed by atoms with Crippen molar-refractivity contribution < 1.29 is 8.42 Å². The fourth-order valence-electron chi connectivity index (χ4n) is 1.72. The van der Waals surface area contributed by atoms with Gasteiger partial charge in [0.05, 0.1) is 0 Å². The average Bonchev–Trinajstić information content (AvgIpc) is 2.23. The highest BCUT2D eigenvalue weighted by atomic mass is 32.2. The van der Waals surface area contributed by atoms with Crippen LogP contribution in [0.2, 0.25) is 0 Å². The van der Waals surface area contributed by atoms with E-state index >= 15 is 0 Å². The summed E-state index contributed by atoms with van der Waals surface area (Å²) >= 11 is 0. The van der Waals surface area contributed by atoms with Gasteiger partial charge in [-0.05, 0) is 19.3 Å². The van der Waals surface area contributed by atoms with Crippen molar-refractivity contribution in [2.75, 3.05) is 6.54 Å². The average molecular weight is 274 g/mol. The lowest BCUT2D eigenvalue weighted by molar-refractivity contribution is 0.251. The van der Waals surface area contributed by atoms with Crippen LogP contribution in [0.1, 0.15) is 19.3 Å². The number of hydrogen-bond acceptors (Lipinski definition) is 5. The fraction of sp³-hybridized carbons (Fsp3) is 0.556. The number of nitrogens with one attached hydrogen (secondary N) is 3. The summed E-state index contributed by atoms with van der Waals surface area (Å²) < 4.78 is 26.0. The van der Waals surface area contributed by atoms with Gasteiger partial charge < -0.3 is 10.7 Å². The Morgan fingerprint density at radius 3 is 2.56 bits per heavy atom. The molecule has 1 fully saturated rings. The second kappa shape index (κ2) is 4.34. The van der Waals surface area contributed by atoms with Crippen molar-refractivity contribution in [3.05, 3.63) is 27.0 Å². The van der Waals surface area contributed by atoms with Gasteiger partial charge in [0.25, 0.3) is 5.56 Å². The Hall–Kier alpha value is -1.45. The molecule has 18 heavy (non-hydrogen) atoms. The first-order valence-corrected chi connectivity index (χ1v) is 6.91. The van der Waals surface area contributed by atoms with E-state index < -0.39 is 31.7 Å². The molecule has 1 aromatic heterocycles. The third-order valence-electron chi connectivity index (χ3n) is 3.04. The summed E-state index contributed by atoms with van der Waals surface area (Å²) in [5.74, 6) is 0. The molecular weight excluding hydrogens is 260 g/mol. The number of H-pyrrole nitrogens is 2. The van der Waals surface area contributed by atoms with E-state index in [9.17, 15) is 18.0 Å². The van der Waals surface area contributed by atoms with Crippen molar-refractivity contribution >= 4 is 10.0 Å². The molecule has 1 saturated carbocycles. The minimum Gasteiger partial charge on any atom is -0.324 e. The molecule has 1 aliphatic carbocycles. The molecule has 0 atom stereocenters. The summed E-state index contributed by atoms with van der Waals surface area (Å²) in [6, 6.07) is 0. The lowest BCUT2D eigenvalue weighted by Crippen LogP contribution is -2.55. The standard InChI is InChI=1S/C9H14N4O4S/c10-9(2-1-3-9)5-12-18(16,17)6-4-11-8(15)13-7(6)14/h4,12H,1-3,5,10H2,(H2,11,13,14,15).